The van der Waals surface area contributed by atoms with E-state index in [1.165, 1.54) is 0 Å². The second kappa shape index (κ2) is 6.70. The summed E-state index contributed by atoms with van der Waals surface area (Å²) in [6.45, 7) is 6.02. The SMILES string of the molecule is CCCNc1cccc(C(=O)N2CCC(C)C(O)C2)n1. The summed E-state index contributed by atoms with van der Waals surface area (Å²) < 4.78 is 0. The number of β-amino-alcohol motifs (C(OH)–C–C–N with tert-alkyl or cyclic N) is 1. The summed E-state index contributed by atoms with van der Waals surface area (Å²) in [5.74, 6) is 0.879. The van der Waals surface area contributed by atoms with E-state index in [4.69, 9.17) is 0 Å². The summed E-state index contributed by atoms with van der Waals surface area (Å²) >= 11 is 0. The molecule has 2 N–H and O–H groups in total. The Kier molecular flexibility index (Phi) is 4.95. The first-order valence-electron chi connectivity index (χ1n) is 7.30. The van der Waals surface area contributed by atoms with E-state index in [2.05, 4.69) is 17.2 Å². The molecule has 1 fully saturated rings. The molecule has 0 aliphatic carbocycles. The Hall–Kier alpha value is -1.62. The highest BCUT2D eigenvalue weighted by molar-refractivity contribution is 5.92. The second-order valence-corrected chi connectivity index (χ2v) is 5.42. The zero-order valence-electron chi connectivity index (χ0n) is 12.2. The van der Waals surface area contributed by atoms with Gasteiger partial charge in [0.2, 0.25) is 0 Å². The highest BCUT2D eigenvalue weighted by atomic mass is 16.3. The lowest BCUT2D eigenvalue weighted by atomic mass is 9.96. The molecule has 0 radical (unpaired) electrons. The van der Waals surface area contributed by atoms with Crippen LogP contribution in [0.4, 0.5) is 5.82 Å². The topological polar surface area (TPSA) is 65.5 Å². The Morgan fingerprint density at radius 1 is 1.55 bits per heavy atom. The molecule has 1 amide bonds. The number of aromatic nitrogens is 1. The Balaban J connectivity index is 2.05. The van der Waals surface area contributed by atoms with E-state index < -0.39 is 6.10 Å². The molecule has 5 nitrogen and oxygen atoms in total. The average molecular weight is 277 g/mol. The largest absolute Gasteiger partial charge is 0.391 e. The van der Waals surface area contributed by atoms with Crippen LogP contribution in [0.25, 0.3) is 0 Å². The molecule has 0 saturated carbocycles. The van der Waals surface area contributed by atoms with Crippen molar-refractivity contribution < 1.29 is 9.90 Å². The molecule has 1 aromatic rings. The lowest BCUT2D eigenvalue weighted by Crippen LogP contribution is -2.46. The van der Waals surface area contributed by atoms with Crippen LogP contribution in [-0.4, -0.2) is 46.6 Å². The van der Waals surface area contributed by atoms with Crippen LogP contribution >= 0.6 is 0 Å². The van der Waals surface area contributed by atoms with Gasteiger partial charge in [-0.1, -0.05) is 19.9 Å². The molecule has 2 unspecified atom stereocenters. The van der Waals surface area contributed by atoms with Gasteiger partial charge >= 0.3 is 0 Å². The fourth-order valence-corrected chi connectivity index (χ4v) is 2.30. The molecule has 110 valence electrons. The van der Waals surface area contributed by atoms with Gasteiger partial charge in [0.1, 0.15) is 11.5 Å². The van der Waals surface area contributed by atoms with Crippen LogP contribution in [0.15, 0.2) is 18.2 Å². The van der Waals surface area contributed by atoms with E-state index in [-0.39, 0.29) is 11.8 Å². The maximum absolute atomic E-state index is 12.4. The number of amides is 1. The van der Waals surface area contributed by atoms with Gasteiger partial charge in [-0.3, -0.25) is 4.79 Å². The van der Waals surface area contributed by atoms with Crippen molar-refractivity contribution in [2.45, 2.75) is 32.8 Å². The molecule has 1 aliphatic rings. The number of aliphatic hydroxyl groups excluding tert-OH is 1. The molecule has 1 saturated heterocycles. The maximum atomic E-state index is 12.4. The molecular formula is C15H23N3O2. The molecule has 2 heterocycles. The van der Waals surface area contributed by atoms with Crippen LogP contribution < -0.4 is 5.32 Å². The summed E-state index contributed by atoms with van der Waals surface area (Å²) in [4.78, 5) is 18.4. The Morgan fingerprint density at radius 2 is 2.35 bits per heavy atom. The molecule has 20 heavy (non-hydrogen) atoms. The number of likely N-dealkylation sites (tertiary alicyclic amines) is 1. The number of aliphatic hydroxyl groups is 1. The first-order valence-corrected chi connectivity index (χ1v) is 7.30. The Labute approximate surface area is 120 Å². The van der Waals surface area contributed by atoms with Crippen LogP contribution in [0.1, 0.15) is 37.2 Å². The molecule has 1 aliphatic heterocycles. The van der Waals surface area contributed by atoms with Crippen molar-refractivity contribution >= 4 is 11.7 Å². The summed E-state index contributed by atoms with van der Waals surface area (Å²) in [6.07, 6.45) is 1.41. The maximum Gasteiger partial charge on any atom is 0.272 e. The smallest absolute Gasteiger partial charge is 0.272 e. The van der Waals surface area contributed by atoms with Gasteiger partial charge in [0.25, 0.3) is 5.91 Å². The highest BCUT2D eigenvalue weighted by Gasteiger charge is 2.28. The first-order chi connectivity index (χ1) is 9.61. The lowest BCUT2D eigenvalue weighted by Gasteiger charge is -2.34. The van der Waals surface area contributed by atoms with Gasteiger partial charge in [0.05, 0.1) is 6.10 Å². The number of rotatable bonds is 4. The minimum atomic E-state index is -0.436. The number of hydrogen-bond acceptors (Lipinski definition) is 4. The van der Waals surface area contributed by atoms with Crippen LogP contribution in [0.3, 0.4) is 0 Å². The molecule has 2 rings (SSSR count). The fourth-order valence-electron chi connectivity index (χ4n) is 2.30. The van der Waals surface area contributed by atoms with E-state index in [1.807, 2.05) is 19.1 Å². The second-order valence-electron chi connectivity index (χ2n) is 5.42. The van der Waals surface area contributed by atoms with Crippen LogP contribution in [-0.2, 0) is 0 Å². The molecule has 0 bridgehead atoms. The van der Waals surface area contributed by atoms with Gasteiger partial charge in [-0.2, -0.15) is 0 Å². The van der Waals surface area contributed by atoms with Gasteiger partial charge in [0, 0.05) is 19.6 Å². The summed E-state index contributed by atoms with van der Waals surface area (Å²) in [5.41, 5.74) is 0.438. The van der Waals surface area contributed by atoms with Crippen molar-refractivity contribution in [3.8, 4) is 0 Å². The number of piperidine rings is 1. The molecule has 0 aromatic carbocycles. The van der Waals surface area contributed by atoms with E-state index in [1.54, 1.807) is 11.0 Å². The molecule has 1 aromatic heterocycles. The minimum Gasteiger partial charge on any atom is -0.391 e. The van der Waals surface area contributed by atoms with Crippen LogP contribution in [0.2, 0.25) is 0 Å². The number of carbonyl (C=O) groups is 1. The lowest BCUT2D eigenvalue weighted by molar-refractivity contribution is 0.0245. The summed E-state index contributed by atoms with van der Waals surface area (Å²) in [6, 6.07) is 5.42. The van der Waals surface area contributed by atoms with Crippen molar-refractivity contribution in [2.75, 3.05) is 25.0 Å². The van der Waals surface area contributed by atoms with Crippen LogP contribution in [0, 0.1) is 5.92 Å². The van der Waals surface area contributed by atoms with Crippen molar-refractivity contribution in [1.29, 1.82) is 0 Å². The van der Waals surface area contributed by atoms with E-state index >= 15 is 0 Å². The average Bonchev–Trinajstić information content (AvgIpc) is 2.47. The predicted octanol–water partition coefficient (Wildman–Crippen LogP) is 1.75. The summed E-state index contributed by atoms with van der Waals surface area (Å²) in [5, 5.41) is 13.1. The van der Waals surface area contributed by atoms with Gasteiger partial charge in [-0.05, 0) is 30.9 Å². The van der Waals surface area contributed by atoms with Crippen molar-refractivity contribution in [2.24, 2.45) is 5.92 Å². The van der Waals surface area contributed by atoms with Gasteiger partial charge in [0.15, 0.2) is 0 Å². The number of pyridine rings is 1. The Morgan fingerprint density at radius 3 is 3.05 bits per heavy atom. The molecule has 5 heteroatoms. The standard InChI is InChI=1S/C15H23N3O2/c1-3-8-16-14-6-4-5-12(17-14)15(20)18-9-7-11(2)13(19)10-18/h4-6,11,13,19H,3,7-10H2,1-2H3,(H,16,17). The molecule has 0 spiro atoms. The monoisotopic (exact) mass is 277 g/mol. The number of anilines is 1. The molecular weight excluding hydrogens is 254 g/mol. The predicted molar refractivity (Wildman–Crippen MR) is 78.7 cm³/mol. The number of carbonyl (C=O) groups excluding carboxylic acids is 1. The Bertz CT molecular complexity index is 464. The van der Waals surface area contributed by atoms with Crippen molar-refractivity contribution in [1.82, 2.24) is 9.88 Å². The summed E-state index contributed by atoms with van der Waals surface area (Å²) in [7, 11) is 0. The zero-order valence-corrected chi connectivity index (χ0v) is 12.2. The van der Waals surface area contributed by atoms with Gasteiger partial charge in [-0.25, -0.2) is 4.98 Å². The third-order valence-electron chi connectivity index (χ3n) is 3.73. The fraction of sp³-hybridized carbons (Fsp3) is 0.600. The number of nitrogens with one attached hydrogen (secondary N) is 1. The van der Waals surface area contributed by atoms with E-state index in [0.29, 0.717) is 18.8 Å². The van der Waals surface area contributed by atoms with Gasteiger partial charge < -0.3 is 15.3 Å². The zero-order chi connectivity index (χ0) is 14.5. The van der Waals surface area contributed by atoms with E-state index in [0.717, 1.165) is 25.2 Å². The third kappa shape index (κ3) is 3.48. The number of nitrogens with zero attached hydrogens (tertiary/aromatic N) is 2. The van der Waals surface area contributed by atoms with E-state index in [9.17, 15) is 9.90 Å². The highest BCUT2D eigenvalue weighted by Crippen LogP contribution is 2.19. The minimum absolute atomic E-state index is 0.101. The van der Waals surface area contributed by atoms with Gasteiger partial charge in [-0.15, -0.1) is 0 Å². The normalized spacial score (nSPS) is 22.6. The number of hydrogen-bond donors (Lipinski definition) is 2. The van der Waals surface area contributed by atoms with Crippen molar-refractivity contribution in [3.05, 3.63) is 23.9 Å². The first kappa shape index (κ1) is 14.8. The van der Waals surface area contributed by atoms with Crippen LogP contribution in [0.5, 0.6) is 0 Å². The quantitative estimate of drug-likeness (QED) is 0.880. The van der Waals surface area contributed by atoms with Crippen molar-refractivity contribution in [3.63, 3.8) is 0 Å². The third-order valence-corrected chi connectivity index (χ3v) is 3.73. The molecule has 2 atom stereocenters.